The number of alkyl halides is 2. The van der Waals surface area contributed by atoms with Gasteiger partial charge in [-0.1, -0.05) is 0 Å². The van der Waals surface area contributed by atoms with Crippen LogP contribution in [0.3, 0.4) is 0 Å². The van der Waals surface area contributed by atoms with E-state index in [1.807, 2.05) is 0 Å². The number of rotatable bonds is 6. The van der Waals surface area contributed by atoms with Crippen molar-refractivity contribution in [2.75, 3.05) is 39.0 Å². The monoisotopic (exact) mass is 444 g/mol. The van der Waals surface area contributed by atoms with Gasteiger partial charge in [0.15, 0.2) is 11.6 Å². The van der Waals surface area contributed by atoms with Gasteiger partial charge in [0.2, 0.25) is 0 Å². The van der Waals surface area contributed by atoms with Crippen LogP contribution in [0.25, 0.3) is 11.3 Å². The fourth-order valence-corrected chi connectivity index (χ4v) is 5.89. The minimum atomic E-state index is -2.94. The quantitative estimate of drug-likeness (QED) is 0.738. The van der Waals surface area contributed by atoms with Crippen LogP contribution in [-0.4, -0.2) is 70.2 Å². The van der Waals surface area contributed by atoms with E-state index in [0.29, 0.717) is 17.5 Å². The Morgan fingerprint density at radius 2 is 1.84 bits per heavy atom. The van der Waals surface area contributed by atoms with E-state index in [0.717, 1.165) is 29.4 Å². The second kappa shape index (κ2) is 7.66. The molecule has 172 valence electrons. The number of piperazine rings is 1. The first-order chi connectivity index (χ1) is 15.5. The Balaban J connectivity index is 1.21. The maximum absolute atomic E-state index is 12.7. The van der Waals surface area contributed by atoms with E-state index in [9.17, 15) is 8.78 Å². The largest absolute Gasteiger partial charge is 0.431 e. The molecule has 4 aliphatic rings. The van der Waals surface area contributed by atoms with Crippen LogP contribution in [-0.2, 0) is 0 Å². The zero-order valence-corrected chi connectivity index (χ0v) is 18.3. The fourth-order valence-electron chi connectivity index (χ4n) is 5.89. The van der Waals surface area contributed by atoms with Crippen molar-refractivity contribution >= 4 is 5.82 Å². The molecule has 6 rings (SSSR count). The van der Waals surface area contributed by atoms with Gasteiger partial charge in [0.1, 0.15) is 5.82 Å². The Hall–Kier alpha value is -2.26. The smallest absolute Gasteiger partial charge is 0.387 e. The molecule has 0 amide bonds. The van der Waals surface area contributed by atoms with Crippen molar-refractivity contribution in [3.63, 3.8) is 0 Å². The van der Waals surface area contributed by atoms with Crippen molar-refractivity contribution in [1.29, 1.82) is 0 Å². The second-order valence-electron chi connectivity index (χ2n) is 9.93. The predicted octanol–water partition coefficient (Wildman–Crippen LogP) is 3.20. The number of hydrogen-bond donors (Lipinski definition) is 1. The number of anilines is 1. The molecule has 2 aromatic heterocycles. The Labute approximate surface area is 186 Å². The molecule has 3 heterocycles. The number of fused-ring (bicyclic) bond motifs is 1. The van der Waals surface area contributed by atoms with Crippen molar-refractivity contribution in [2.45, 2.75) is 50.3 Å². The number of hydrogen-bond acceptors (Lipinski definition) is 6. The normalized spacial score (nSPS) is 30.6. The summed E-state index contributed by atoms with van der Waals surface area (Å²) >= 11 is 0. The fraction of sp³-hybridized carbons (Fsp3) is 0.652. The minimum Gasteiger partial charge on any atom is -0.431 e. The topological polar surface area (TPSA) is 72.4 Å². The van der Waals surface area contributed by atoms with Crippen LogP contribution in [0.15, 0.2) is 18.5 Å². The van der Waals surface area contributed by atoms with Crippen LogP contribution in [0.1, 0.15) is 43.5 Å². The van der Waals surface area contributed by atoms with Gasteiger partial charge in [-0.15, -0.1) is 0 Å². The molecular formula is C23H30F2N6O. The van der Waals surface area contributed by atoms with Gasteiger partial charge in [0, 0.05) is 62.1 Å². The van der Waals surface area contributed by atoms with Gasteiger partial charge in [0.25, 0.3) is 0 Å². The average Bonchev–Trinajstić information content (AvgIpc) is 3.64. The van der Waals surface area contributed by atoms with Crippen LogP contribution in [0.2, 0.25) is 0 Å². The molecule has 2 N–H and O–H groups in total. The molecule has 0 aromatic carbocycles. The van der Waals surface area contributed by atoms with Gasteiger partial charge in [0.05, 0.1) is 5.69 Å². The molecule has 3 aliphatic carbocycles. The molecule has 0 bridgehead atoms. The minimum absolute atomic E-state index is 0.0393. The van der Waals surface area contributed by atoms with Gasteiger partial charge in [-0.3, -0.25) is 4.90 Å². The first-order valence-electron chi connectivity index (χ1n) is 11.7. The highest BCUT2D eigenvalue weighted by molar-refractivity contribution is 5.64. The molecule has 4 fully saturated rings. The third-order valence-corrected chi connectivity index (χ3v) is 7.85. The van der Waals surface area contributed by atoms with Crippen LogP contribution < -0.4 is 10.5 Å². The van der Waals surface area contributed by atoms with E-state index in [1.54, 1.807) is 6.20 Å². The van der Waals surface area contributed by atoms with E-state index in [-0.39, 0.29) is 11.6 Å². The summed E-state index contributed by atoms with van der Waals surface area (Å²) in [4.78, 5) is 14.1. The molecule has 3 saturated carbocycles. The molecule has 0 radical (unpaired) electrons. The molecule has 1 aliphatic heterocycles. The van der Waals surface area contributed by atoms with Crippen molar-refractivity contribution in [3.8, 4) is 17.0 Å². The number of aromatic nitrogens is 3. The first-order valence-corrected chi connectivity index (χ1v) is 11.7. The van der Waals surface area contributed by atoms with Crippen molar-refractivity contribution in [2.24, 2.45) is 11.8 Å². The Morgan fingerprint density at radius 3 is 2.50 bits per heavy atom. The summed E-state index contributed by atoms with van der Waals surface area (Å²) in [5, 5.41) is 0. The predicted molar refractivity (Wildman–Crippen MR) is 117 cm³/mol. The van der Waals surface area contributed by atoms with Gasteiger partial charge in [-0.2, -0.15) is 8.78 Å². The summed E-state index contributed by atoms with van der Waals surface area (Å²) < 4.78 is 32.4. The maximum atomic E-state index is 12.7. The third kappa shape index (κ3) is 3.65. The summed E-state index contributed by atoms with van der Waals surface area (Å²) in [6, 6.07) is 2.77. The summed E-state index contributed by atoms with van der Waals surface area (Å²) in [5.74, 6) is 2.96. The van der Waals surface area contributed by atoms with Crippen LogP contribution >= 0.6 is 0 Å². The Morgan fingerprint density at radius 1 is 1.12 bits per heavy atom. The van der Waals surface area contributed by atoms with E-state index >= 15 is 0 Å². The lowest BCUT2D eigenvalue weighted by molar-refractivity contribution is -0.0494. The highest BCUT2D eigenvalue weighted by Gasteiger charge is 2.58. The highest BCUT2D eigenvalue weighted by Crippen LogP contribution is 2.62. The molecule has 2 aromatic rings. The lowest BCUT2D eigenvalue weighted by Gasteiger charge is -2.37. The molecule has 9 heteroatoms. The van der Waals surface area contributed by atoms with Crippen molar-refractivity contribution < 1.29 is 13.5 Å². The Kier molecular flexibility index (Phi) is 4.87. The zero-order chi connectivity index (χ0) is 22.0. The molecule has 7 nitrogen and oxygen atoms in total. The number of halogens is 2. The number of imidazole rings is 1. The number of likely N-dealkylation sites (N-methyl/N-ethyl adjacent to an activating group) is 1. The number of nitrogen functional groups attached to an aromatic ring is 1. The maximum Gasteiger partial charge on any atom is 0.387 e. The lowest BCUT2D eigenvalue weighted by atomic mass is 10.1. The number of ether oxygens (including phenoxy) is 1. The molecule has 2 unspecified atom stereocenters. The third-order valence-electron chi connectivity index (χ3n) is 7.85. The standard InChI is InChI=1S/C23H30F2N6O/c1-29-4-6-30(7-5-29)15-9-16-17(10-15)20(16)31-12-18(28-22(31)13-2-3-13)14-8-19(32-23(24)25)21(26)27-11-14/h8,11-13,15-17,20,23H,2-7,9-10H2,1H3,(H2,26,27)/t15?,16-,17+,20?. The molecule has 0 spiro atoms. The molecule has 32 heavy (non-hydrogen) atoms. The summed E-state index contributed by atoms with van der Waals surface area (Å²) in [7, 11) is 2.20. The highest BCUT2D eigenvalue weighted by atomic mass is 19.3. The molecule has 4 atom stereocenters. The van der Waals surface area contributed by atoms with Gasteiger partial charge >= 0.3 is 6.61 Å². The summed E-state index contributed by atoms with van der Waals surface area (Å²) in [6.07, 6.45) is 8.57. The average molecular weight is 445 g/mol. The SMILES string of the molecule is CN1CCN(C2C[C@@H]3C(n4cc(-c5cnc(N)c(OC(F)F)c5)nc4C4CC4)[C@@H]3C2)CC1. The van der Waals surface area contributed by atoms with Crippen LogP contribution in [0.4, 0.5) is 14.6 Å². The van der Waals surface area contributed by atoms with Gasteiger partial charge < -0.3 is 19.9 Å². The van der Waals surface area contributed by atoms with Crippen molar-refractivity contribution in [1.82, 2.24) is 24.3 Å². The van der Waals surface area contributed by atoms with E-state index < -0.39 is 6.61 Å². The van der Waals surface area contributed by atoms with E-state index in [4.69, 9.17) is 10.7 Å². The van der Waals surface area contributed by atoms with Gasteiger partial charge in [-0.05, 0) is 50.6 Å². The van der Waals surface area contributed by atoms with E-state index in [2.05, 4.69) is 37.3 Å². The lowest BCUT2D eigenvalue weighted by Crippen LogP contribution is -2.48. The molecule has 1 saturated heterocycles. The number of pyridine rings is 1. The van der Waals surface area contributed by atoms with Gasteiger partial charge in [-0.25, -0.2) is 9.97 Å². The van der Waals surface area contributed by atoms with Crippen molar-refractivity contribution in [3.05, 3.63) is 24.3 Å². The summed E-state index contributed by atoms with van der Waals surface area (Å²) in [5.41, 5.74) is 7.14. The number of nitrogens with two attached hydrogens (primary N) is 1. The van der Waals surface area contributed by atoms with Crippen LogP contribution in [0, 0.1) is 11.8 Å². The van der Waals surface area contributed by atoms with E-state index in [1.165, 1.54) is 57.9 Å². The Bertz CT molecular complexity index is 988. The first kappa shape index (κ1) is 20.4. The number of nitrogens with zero attached hydrogens (tertiary/aromatic N) is 5. The molecular weight excluding hydrogens is 414 g/mol. The summed E-state index contributed by atoms with van der Waals surface area (Å²) in [6.45, 7) is 1.76. The second-order valence-corrected chi connectivity index (χ2v) is 9.93. The zero-order valence-electron chi connectivity index (χ0n) is 18.3. The van der Waals surface area contributed by atoms with Crippen LogP contribution in [0.5, 0.6) is 5.75 Å².